The van der Waals surface area contributed by atoms with Crippen molar-refractivity contribution in [1.82, 2.24) is 5.32 Å². The van der Waals surface area contributed by atoms with E-state index in [1.54, 1.807) is 30.3 Å². The summed E-state index contributed by atoms with van der Waals surface area (Å²) in [6, 6.07) is 12.6. The molecule has 0 aliphatic heterocycles. The third kappa shape index (κ3) is 5.21. The Hall–Kier alpha value is -3.08. The lowest BCUT2D eigenvalue weighted by Gasteiger charge is -2.12. The summed E-state index contributed by atoms with van der Waals surface area (Å²) in [5.74, 6) is 0.0628. The van der Waals surface area contributed by atoms with E-state index in [2.05, 4.69) is 17.2 Å². The quantitative estimate of drug-likeness (QED) is 0.762. The number of anilines is 1. The first-order valence-electron chi connectivity index (χ1n) is 7.99. The molecule has 0 aromatic heterocycles. The number of carbonyl (C=O) groups excluding carboxylic acids is 2. The number of nitrogens with one attached hydrogen (secondary N) is 2. The first-order valence-corrected chi connectivity index (χ1v) is 7.99. The number of hydrogen-bond acceptors (Lipinski definition) is 3. The molecule has 0 unspecified atom stereocenters. The fourth-order valence-electron chi connectivity index (χ4n) is 2.34. The van der Waals surface area contributed by atoms with E-state index in [-0.39, 0.29) is 18.4 Å². The molecule has 5 nitrogen and oxygen atoms in total. The number of benzene rings is 2. The molecule has 0 saturated carbocycles. The van der Waals surface area contributed by atoms with Crippen LogP contribution >= 0.6 is 0 Å². The number of carbonyl (C=O) groups is 2. The predicted molar refractivity (Wildman–Crippen MR) is 99.0 cm³/mol. The number of ether oxygens (including phenoxy) is 1. The molecule has 2 amide bonds. The zero-order chi connectivity index (χ0) is 18.2. The van der Waals surface area contributed by atoms with E-state index in [4.69, 9.17) is 4.74 Å². The van der Waals surface area contributed by atoms with Crippen molar-refractivity contribution < 1.29 is 14.3 Å². The predicted octanol–water partition coefficient (Wildman–Crippen LogP) is 3.24. The molecule has 2 aromatic carbocycles. The van der Waals surface area contributed by atoms with Gasteiger partial charge in [0.05, 0.1) is 11.3 Å². The summed E-state index contributed by atoms with van der Waals surface area (Å²) in [4.78, 5) is 24.3. The molecule has 2 N–H and O–H groups in total. The van der Waals surface area contributed by atoms with Gasteiger partial charge in [-0.3, -0.25) is 9.59 Å². The van der Waals surface area contributed by atoms with Gasteiger partial charge in [0.1, 0.15) is 5.75 Å². The molecule has 2 rings (SSSR count). The van der Waals surface area contributed by atoms with Crippen molar-refractivity contribution in [2.45, 2.75) is 13.8 Å². The van der Waals surface area contributed by atoms with Gasteiger partial charge in [0, 0.05) is 6.54 Å². The maximum atomic E-state index is 12.2. The lowest BCUT2D eigenvalue weighted by molar-refractivity contribution is -0.118. The average molecular weight is 338 g/mol. The van der Waals surface area contributed by atoms with Crippen molar-refractivity contribution >= 4 is 17.5 Å². The largest absolute Gasteiger partial charge is 0.483 e. The van der Waals surface area contributed by atoms with Crippen LogP contribution in [0.3, 0.4) is 0 Å². The maximum absolute atomic E-state index is 12.2. The first kappa shape index (κ1) is 18.3. The van der Waals surface area contributed by atoms with Gasteiger partial charge in [0.25, 0.3) is 11.8 Å². The van der Waals surface area contributed by atoms with E-state index < -0.39 is 0 Å². The lowest BCUT2D eigenvalue weighted by atomic mass is 10.1. The molecule has 0 atom stereocenters. The van der Waals surface area contributed by atoms with Gasteiger partial charge in [-0.1, -0.05) is 35.9 Å². The highest BCUT2D eigenvalue weighted by Crippen LogP contribution is 2.19. The van der Waals surface area contributed by atoms with Crippen LogP contribution < -0.4 is 15.4 Å². The van der Waals surface area contributed by atoms with Gasteiger partial charge >= 0.3 is 0 Å². The van der Waals surface area contributed by atoms with Crippen LogP contribution in [0.1, 0.15) is 21.5 Å². The van der Waals surface area contributed by atoms with E-state index in [1.165, 1.54) is 0 Å². The second kappa shape index (κ2) is 8.68. The number of amides is 2. The summed E-state index contributed by atoms with van der Waals surface area (Å²) < 4.78 is 5.57. The highest BCUT2D eigenvalue weighted by atomic mass is 16.5. The van der Waals surface area contributed by atoms with Gasteiger partial charge in [0.15, 0.2) is 6.61 Å². The standard InChI is InChI=1S/C20H22N2O3/c1-4-11-21-20(24)16-7-5-6-8-17(16)22-19(23)13-25-18-10-9-14(2)12-15(18)3/h4-10,12H,1,11,13H2,2-3H3,(H,21,24)(H,22,23). The topological polar surface area (TPSA) is 67.4 Å². The number of para-hydroxylation sites is 1. The molecule has 2 aromatic rings. The van der Waals surface area contributed by atoms with Gasteiger partial charge in [0.2, 0.25) is 0 Å². The molecule has 0 radical (unpaired) electrons. The highest BCUT2D eigenvalue weighted by Gasteiger charge is 2.13. The molecular weight excluding hydrogens is 316 g/mol. The average Bonchev–Trinajstić information content (AvgIpc) is 2.59. The Morgan fingerprint density at radius 2 is 1.92 bits per heavy atom. The maximum Gasteiger partial charge on any atom is 0.262 e. The minimum Gasteiger partial charge on any atom is -0.483 e. The fourth-order valence-corrected chi connectivity index (χ4v) is 2.34. The van der Waals surface area contributed by atoms with Crippen LogP contribution in [0.4, 0.5) is 5.69 Å². The second-order valence-corrected chi connectivity index (χ2v) is 5.65. The molecule has 0 heterocycles. The van der Waals surface area contributed by atoms with E-state index in [0.29, 0.717) is 23.5 Å². The van der Waals surface area contributed by atoms with Crippen LogP contribution in [0.25, 0.3) is 0 Å². The van der Waals surface area contributed by atoms with Crippen LogP contribution in [0.5, 0.6) is 5.75 Å². The Kier molecular flexibility index (Phi) is 6.34. The van der Waals surface area contributed by atoms with E-state index in [1.807, 2.05) is 32.0 Å². The van der Waals surface area contributed by atoms with E-state index >= 15 is 0 Å². The fraction of sp³-hybridized carbons (Fsp3) is 0.200. The number of hydrogen-bond donors (Lipinski definition) is 2. The molecule has 0 aliphatic carbocycles. The van der Waals surface area contributed by atoms with E-state index in [0.717, 1.165) is 11.1 Å². The van der Waals surface area contributed by atoms with Crippen molar-refractivity contribution in [2.24, 2.45) is 0 Å². The Labute approximate surface area is 147 Å². The summed E-state index contributed by atoms with van der Waals surface area (Å²) in [6.07, 6.45) is 1.59. The lowest BCUT2D eigenvalue weighted by Crippen LogP contribution is -2.26. The molecule has 0 saturated heterocycles. The van der Waals surface area contributed by atoms with Crippen molar-refractivity contribution in [3.63, 3.8) is 0 Å². The molecule has 0 bridgehead atoms. The Bertz CT molecular complexity index is 784. The normalized spacial score (nSPS) is 10.0. The minimum atomic E-state index is -0.330. The Morgan fingerprint density at radius 1 is 1.16 bits per heavy atom. The molecule has 0 aliphatic rings. The summed E-state index contributed by atoms with van der Waals surface area (Å²) in [5.41, 5.74) is 2.94. The zero-order valence-electron chi connectivity index (χ0n) is 14.5. The minimum absolute atomic E-state index is 0.132. The van der Waals surface area contributed by atoms with Crippen molar-refractivity contribution in [3.8, 4) is 5.75 Å². The summed E-state index contributed by atoms with van der Waals surface area (Å²) >= 11 is 0. The van der Waals surface area contributed by atoms with Crippen molar-refractivity contribution in [3.05, 3.63) is 71.8 Å². The highest BCUT2D eigenvalue weighted by molar-refractivity contribution is 6.04. The van der Waals surface area contributed by atoms with Gasteiger partial charge < -0.3 is 15.4 Å². The van der Waals surface area contributed by atoms with Gasteiger partial charge in [-0.05, 0) is 37.6 Å². The summed E-state index contributed by atoms with van der Waals surface area (Å²) in [7, 11) is 0. The van der Waals surface area contributed by atoms with Gasteiger partial charge in [-0.15, -0.1) is 6.58 Å². The van der Waals surface area contributed by atoms with Gasteiger partial charge in [-0.2, -0.15) is 0 Å². The number of aryl methyl sites for hydroxylation is 2. The zero-order valence-corrected chi connectivity index (χ0v) is 14.5. The molecule has 130 valence electrons. The molecular formula is C20H22N2O3. The molecule has 5 heteroatoms. The van der Waals surface area contributed by atoms with Crippen molar-refractivity contribution in [1.29, 1.82) is 0 Å². The smallest absolute Gasteiger partial charge is 0.262 e. The molecule has 0 fully saturated rings. The third-order valence-corrected chi connectivity index (χ3v) is 3.54. The first-order chi connectivity index (χ1) is 12.0. The SMILES string of the molecule is C=CCNC(=O)c1ccccc1NC(=O)COc1ccc(C)cc1C. The second-order valence-electron chi connectivity index (χ2n) is 5.65. The van der Waals surface area contributed by atoms with Crippen LogP contribution in [0.2, 0.25) is 0 Å². The van der Waals surface area contributed by atoms with Crippen LogP contribution in [0.15, 0.2) is 55.1 Å². The Balaban J connectivity index is 2.00. The summed E-state index contributed by atoms with van der Waals surface area (Å²) in [5, 5.41) is 5.41. The summed E-state index contributed by atoms with van der Waals surface area (Å²) in [6.45, 7) is 7.72. The van der Waals surface area contributed by atoms with Crippen LogP contribution in [0, 0.1) is 13.8 Å². The van der Waals surface area contributed by atoms with Crippen molar-refractivity contribution in [2.75, 3.05) is 18.5 Å². The van der Waals surface area contributed by atoms with Gasteiger partial charge in [-0.25, -0.2) is 0 Å². The molecule has 25 heavy (non-hydrogen) atoms. The molecule has 0 spiro atoms. The third-order valence-electron chi connectivity index (χ3n) is 3.54. The Morgan fingerprint density at radius 3 is 2.64 bits per heavy atom. The van der Waals surface area contributed by atoms with Crippen LogP contribution in [-0.4, -0.2) is 25.0 Å². The monoisotopic (exact) mass is 338 g/mol. The van der Waals surface area contributed by atoms with E-state index in [9.17, 15) is 9.59 Å². The van der Waals surface area contributed by atoms with Crippen LogP contribution in [-0.2, 0) is 4.79 Å². The number of rotatable bonds is 7.